The summed E-state index contributed by atoms with van der Waals surface area (Å²) in [6, 6.07) is 3.28. The van der Waals surface area contributed by atoms with Gasteiger partial charge in [0, 0.05) is 11.6 Å². The minimum absolute atomic E-state index is 0.0321. The van der Waals surface area contributed by atoms with Gasteiger partial charge in [-0.1, -0.05) is 11.8 Å². The largest absolute Gasteiger partial charge is 0.496 e. The highest BCUT2D eigenvalue weighted by Crippen LogP contribution is 2.33. The predicted molar refractivity (Wildman–Crippen MR) is 98.0 cm³/mol. The molecule has 12 heteroatoms. The summed E-state index contributed by atoms with van der Waals surface area (Å²) in [6.07, 6.45) is 1.38. The molecule has 11 nitrogen and oxygen atoms in total. The number of hydrogen-bond donors (Lipinski definition) is 3. The van der Waals surface area contributed by atoms with Crippen molar-refractivity contribution < 1.29 is 19.0 Å². The van der Waals surface area contributed by atoms with Crippen molar-refractivity contribution in [3.05, 3.63) is 38.5 Å². The molecule has 1 amide bonds. The summed E-state index contributed by atoms with van der Waals surface area (Å²) >= 11 is 0.857. The Bertz CT molecular complexity index is 954. The van der Waals surface area contributed by atoms with E-state index in [1.807, 2.05) is 4.98 Å². The Hall–Kier alpha value is -3.28. The zero-order valence-corrected chi connectivity index (χ0v) is 15.5. The first-order valence-electron chi connectivity index (χ1n) is 7.42. The number of rotatable bonds is 8. The lowest BCUT2D eigenvalue weighted by atomic mass is 10.2. The number of carbonyl (C=O) groups is 1. The fraction of sp³-hybridized carbons (Fsp3) is 0.267. The van der Waals surface area contributed by atoms with Gasteiger partial charge >= 0.3 is 5.69 Å². The van der Waals surface area contributed by atoms with Gasteiger partial charge in [0.2, 0.25) is 5.91 Å². The molecule has 0 radical (unpaired) electrons. The van der Waals surface area contributed by atoms with Gasteiger partial charge in [-0.25, -0.2) is 15.3 Å². The molecule has 0 aliphatic rings. The number of carbonyl (C=O) groups excluding carboxylic acids is 1. The number of nitrogens with zero attached hydrogens (tertiary/aromatic N) is 2. The Morgan fingerprint density at radius 3 is 2.48 bits per heavy atom. The first-order valence-corrected chi connectivity index (χ1v) is 8.40. The number of hydrazone groups is 1. The van der Waals surface area contributed by atoms with E-state index in [-0.39, 0.29) is 10.8 Å². The van der Waals surface area contributed by atoms with Crippen molar-refractivity contribution in [3.63, 3.8) is 0 Å². The Morgan fingerprint density at radius 1 is 1.19 bits per heavy atom. The van der Waals surface area contributed by atoms with E-state index in [1.54, 1.807) is 12.1 Å². The third kappa shape index (κ3) is 5.34. The lowest BCUT2D eigenvalue weighted by Crippen LogP contribution is -2.26. The van der Waals surface area contributed by atoms with Crippen LogP contribution in [-0.4, -0.2) is 54.4 Å². The highest BCUT2D eigenvalue weighted by molar-refractivity contribution is 7.99. The van der Waals surface area contributed by atoms with E-state index in [2.05, 4.69) is 20.7 Å². The fourth-order valence-corrected chi connectivity index (χ4v) is 2.55. The number of amides is 1. The lowest BCUT2D eigenvalue weighted by molar-refractivity contribution is -0.118. The van der Waals surface area contributed by atoms with Crippen LogP contribution in [-0.2, 0) is 4.79 Å². The van der Waals surface area contributed by atoms with E-state index in [4.69, 9.17) is 14.2 Å². The molecular formula is C15H17N5O6S. The highest BCUT2D eigenvalue weighted by Gasteiger charge is 2.11. The minimum Gasteiger partial charge on any atom is -0.496 e. The van der Waals surface area contributed by atoms with E-state index >= 15 is 0 Å². The monoisotopic (exact) mass is 395 g/mol. The molecule has 0 unspecified atom stereocenters. The van der Waals surface area contributed by atoms with Crippen LogP contribution in [0.3, 0.4) is 0 Å². The van der Waals surface area contributed by atoms with E-state index in [0.717, 1.165) is 11.8 Å². The van der Waals surface area contributed by atoms with Gasteiger partial charge < -0.3 is 14.2 Å². The number of methoxy groups -OCH3 is 3. The third-order valence-corrected chi connectivity index (χ3v) is 4.11. The van der Waals surface area contributed by atoms with Gasteiger partial charge in [0.05, 0.1) is 33.3 Å². The Kier molecular flexibility index (Phi) is 7.00. The van der Waals surface area contributed by atoms with Crippen molar-refractivity contribution >= 4 is 23.9 Å². The molecule has 0 saturated carbocycles. The van der Waals surface area contributed by atoms with Crippen LogP contribution in [0, 0.1) is 0 Å². The molecule has 0 aliphatic carbocycles. The molecule has 3 N–H and O–H groups in total. The summed E-state index contributed by atoms with van der Waals surface area (Å²) in [7, 11) is 4.49. The number of hydrogen-bond acceptors (Lipinski definition) is 9. The smallest absolute Gasteiger partial charge is 0.342 e. The number of H-pyrrole nitrogens is 2. The van der Waals surface area contributed by atoms with Crippen LogP contribution in [0.5, 0.6) is 17.2 Å². The maximum atomic E-state index is 11.8. The molecule has 0 saturated heterocycles. The second kappa shape index (κ2) is 9.43. The second-order valence-electron chi connectivity index (χ2n) is 4.84. The minimum atomic E-state index is -0.720. The SMILES string of the molecule is COc1cc(OC)c(OC)cc1/C=N/NC(=O)CSc1n[nH]c(=O)[nH]c1=O. The van der Waals surface area contributed by atoms with Gasteiger partial charge in [-0.05, 0) is 6.07 Å². The number of ether oxygens (including phenoxy) is 3. The fourth-order valence-electron chi connectivity index (χ4n) is 1.93. The summed E-state index contributed by atoms with van der Waals surface area (Å²) in [4.78, 5) is 36.2. The third-order valence-electron chi connectivity index (χ3n) is 3.15. The Balaban J connectivity index is 2.01. The maximum Gasteiger partial charge on any atom is 0.342 e. The van der Waals surface area contributed by atoms with Crippen molar-refractivity contribution in [1.29, 1.82) is 0 Å². The van der Waals surface area contributed by atoms with Crippen molar-refractivity contribution in [1.82, 2.24) is 20.6 Å². The van der Waals surface area contributed by atoms with E-state index in [9.17, 15) is 14.4 Å². The number of thioether (sulfide) groups is 1. The Morgan fingerprint density at radius 2 is 1.85 bits per heavy atom. The zero-order valence-electron chi connectivity index (χ0n) is 14.7. The number of aromatic nitrogens is 3. The maximum absolute atomic E-state index is 11.8. The van der Waals surface area contributed by atoms with Gasteiger partial charge in [-0.15, -0.1) is 0 Å². The molecule has 1 aromatic heterocycles. The van der Waals surface area contributed by atoms with Crippen molar-refractivity contribution in [3.8, 4) is 17.2 Å². The van der Waals surface area contributed by atoms with Gasteiger partial charge in [0.1, 0.15) is 5.75 Å². The summed E-state index contributed by atoms with van der Waals surface area (Å²) in [5.41, 5.74) is 1.49. The molecular weight excluding hydrogens is 378 g/mol. The number of benzene rings is 1. The first-order chi connectivity index (χ1) is 13.0. The predicted octanol–water partition coefficient (Wildman–Crippen LogP) is -0.274. The highest BCUT2D eigenvalue weighted by atomic mass is 32.2. The first kappa shape index (κ1) is 20.0. The summed E-state index contributed by atoms with van der Waals surface area (Å²) in [6.45, 7) is 0. The molecule has 144 valence electrons. The van der Waals surface area contributed by atoms with Crippen LogP contribution in [0.25, 0.3) is 0 Å². The Labute approximate surface area is 157 Å². The molecule has 0 fully saturated rings. The van der Waals surface area contributed by atoms with Crippen LogP contribution in [0.1, 0.15) is 5.56 Å². The van der Waals surface area contributed by atoms with Gasteiger partial charge in [-0.2, -0.15) is 10.2 Å². The summed E-state index contributed by atoms with van der Waals surface area (Å²) < 4.78 is 15.7. The number of aromatic amines is 2. The molecule has 0 aliphatic heterocycles. The molecule has 0 atom stereocenters. The van der Waals surface area contributed by atoms with Crippen LogP contribution in [0.4, 0.5) is 0 Å². The van der Waals surface area contributed by atoms with Crippen molar-refractivity contribution in [2.45, 2.75) is 5.03 Å². The molecule has 1 aromatic carbocycles. The zero-order chi connectivity index (χ0) is 19.8. The van der Waals surface area contributed by atoms with E-state index in [0.29, 0.717) is 22.8 Å². The number of nitrogens with one attached hydrogen (secondary N) is 3. The van der Waals surface area contributed by atoms with E-state index < -0.39 is 17.2 Å². The molecule has 0 spiro atoms. The molecule has 27 heavy (non-hydrogen) atoms. The van der Waals surface area contributed by atoms with Crippen LogP contribution >= 0.6 is 11.8 Å². The van der Waals surface area contributed by atoms with Crippen LogP contribution < -0.4 is 30.9 Å². The average molecular weight is 395 g/mol. The average Bonchev–Trinajstić information content (AvgIpc) is 2.66. The topological polar surface area (TPSA) is 148 Å². The van der Waals surface area contributed by atoms with Gasteiger partial charge in [0.15, 0.2) is 16.5 Å². The quantitative estimate of drug-likeness (QED) is 0.314. The molecule has 0 bridgehead atoms. The standard InChI is InChI=1S/C15H17N5O6S/c1-24-9-5-11(26-3)10(25-2)4-8(9)6-16-18-12(21)7-27-14-13(22)17-15(23)20-19-14/h4-6H,7H2,1-3H3,(H,18,21)(H2,17,20,22,23)/b16-6+. The van der Waals surface area contributed by atoms with Crippen molar-refractivity contribution in [2.24, 2.45) is 5.10 Å². The van der Waals surface area contributed by atoms with Crippen LogP contribution in [0.15, 0.2) is 31.8 Å². The second-order valence-corrected chi connectivity index (χ2v) is 5.81. The molecule has 1 heterocycles. The molecule has 2 rings (SSSR count). The normalized spacial score (nSPS) is 10.6. The van der Waals surface area contributed by atoms with E-state index in [1.165, 1.54) is 27.5 Å². The summed E-state index contributed by atoms with van der Waals surface area (Å²) in [5, 5.41) is 9.46. The van der Waals surface area contributed by atoms with Gasteiger partial charge in [-0.3, -0.25) is 14.6 Å². The summed E-state index contributed by atoms with van der Waals surface area (Å²) in [5.74, 6) is 0.852. The molecule has 2 aromatic rings. The van der Waals surface area contributed by atoms with Gasteiger partial charge in [0.25, 0.3) is 5.56 Å². The lowest BCUT2D eigenvalue weighted by Gasteiger charge is -2.11. The van der Waals surface area contributed by atoms with Crippen molar-refractivity contribution in [2.75, 3.05) is 27.1 Å². The van der Waals surface area contributed by atoms with Crippen LogP contribution in [0.2, 0.25) is 0 Å².